The molecule has 1 rings (SSSR count). The first kappa shape index (κ1) is 20.3. The van der Waals surface area contributed by atoms with Crippen molar-refractivity contribution in [2.75, 3.05) is 19.7 Å². The third kappa shape index (κ3) is 8.36. The van der Waals surface area contributed by atoms with Gasteiger partial charge in [0.15, 0.2) is 5.96 Å². The summed E-state index contributed by atoms with van der Waals surface area (Å²) in [5, 5.41) is 3.82. The molecule has 0 amide bonds. The fourth-order valence-electron chi connectivity index (χ4n) is 1.78. The summed E-state index contributed by atoms with van der Waals surface area (Å²) in [6.45, 7) is 6.23. The van der Waals surface area contributed by atoms with Crippen LogP contribution in [0.3, 0.4) is 0 Å². The summed E-state index contributed by atoms with van der Waals surface area (Å²) in [5.74, 6) is 1.37. The van der Waals surface area contributed by atoms with Crippen molar-refractivity contribution in [2.45, 2.75) is 33.1 Å². The molecule has 0 atom stereocenters. The molecule has 0 saturated heterocycles. The van der Waals surface area contributed by atoms with Crippen LogP contribution in [-0.2, 0) is 6.42 Å². The molecule has 120 valence electrons. The van der Waals surface area contributed by atoms with Gasteiger partial charge in [0.2, 0.25) is 0 Å². The topological polar surface area (TPSA) is 59.6 Å². The Morgan fingerprint density at radius 2 is 2.14 bits per heavy atom. The number of nitrogens with zero attached hydrogens (tertiary/aromatic N) is 1. The average molecular weight is 426 g/mol. The zero-order chi connectivity index (χ0) is 14.8. The molecule has 0 aliphatic rings. The van der Waals surface area contributed by atoms with Crippen molar-refractivity contribution in [3.05, 3.63) is 28.8 Å². The minimum atomic E-state index is 0. The molecular formula is C15H25ClIN3O. The molecule has 0 fully saturated rings. The number of guanidine groups is 1. The molecule has 0 spiro atoms. The molecule has 0 bridgehead atoms. The molecule has 0 aliphatic carbocycles. The van der Waals surface area contributed by atoms with Crippen LogP contribution in [0.15, 0.2) is 23.2 Å². The Morgan fingerprint density at radius 1 is 1.38 bits per heavy atom. The number of nitrogens with two attached hydrogens (primary N) is 1. The number of rotatable bonds is 8. The highest BCUT2D eigenvalue weighted by atomic mass is 127. The maximum atomic E-state index is 6.02. The molecule has 1 aromatic rings. The second-order valence-corrected chi connectivity index (χ2v) is 4.92. The highest BCUT2D eigenvalue weighted by Crippen LogP contribution is 2.23. The van der Waals surface area contributed by atoms with E-state index in [9.17, 15) is 0 Å². The third-order valence-electron chi connectivity index (χ3n) is 2.82. The third-order valence-corrected chi connectivity index (χ3v) is 3.05. The Bertz CT molecular complexity index is 441. The molecule has 0 unspecified atom stereocenters. The molecule has 3 N–H and O–H groups in total. The average Bonchev–Trinajstić information content (AvgIpc) is 2.42. The Kier molecular flexibility index (Phi) is 11.5. The van der Waals surface area contributed by atoms with Crippen molar-refractivity contribution in [3.8, 4) is 5.75 Å². The lowest BCUT2D eigenvalue weighted by atomic mass is 10.1. The van der Waals surface area contributed by atoms with Gasteiger partial charge in [-0.1, -0.05) is 24.9 Å². The van der Waals surface area contributed by atoms with Crippen molar-refractivity contribution < 1.29 is 4.74 Å². The Morgan fingerprint density at radius 3 is 2.81 bits per heavy atom. The van der Waals surface area contributed by atoms with E-state index in [2.05, 4.69) is 17.2 Å². The number of hydrogen-bond donors (Lipinski definition) is 2. The van der Waals surface area contributed by atoms with Gasteiger partial charge in [-0.3, -0.25) is 4.99 Å². The molecule has 0 heterocycles. The van der Waals surface area contributed by atoms with E-state index in [1.165, 1.54) is 0 Å². The van der Waals surface area contributed by atoms with E-state index in [-0.39, 0.29) is 24.0 Å². The van der Waals surface area contributed by atoms with Crippen LogP contribution in [0, 0.1) is 0 Å². The van der Waals surface area contributed by atoms with Gasteiger partial charge in [0.1, 0.15) is 5.75 Å². The summed E-state index contributed by atoms with van der Waals surface area (Å²) in [4.78, 5) is 4.25. The van der Waals surface area contributed by atoms with Crippen molar-refractivity contribution in [3.63, 3.8) is 0 Å². The predicted octanol–water partition coefficient (Wildman–Crippen LogP) is 3.60. The molecule has 0 aliphatic heterocycles. The smallest absolute Gasteiger partial charge is 0.188 e. The summed E-state index contributed by atoms with van der Waals surface area (Å²) in [7, 11) is 0. The van der Waals surface area contributed by atoms with Crippen molar-refractivity contribution in [1.29, 1.82) is 0 Å². The molecule has 21 heavy (non-hydrogen) atoms. The molecule has 0 saturated carbocycles. The minimum Gasteiger partial charge on any atom is -0.494 e. The fourth-order valence-corrected chi connectivity index (χ4v) is 1.97. The van der Waals surface area contributed by atoms with Crippen LogP contribution >= 0.6 is 35.6 Å². The second-order valence-electron chi connectivity index (χ2n) is 4.48. The van der Waals surface area contributed by atoms with Gasteiger partial charge in [0.25, 0.3) is 0 Å². The summed E-state index contributed by atoms with van der Waals surface area (Å²) in [5.41, 5.74) is 6.86. The maximum absolute atomic E-state index is 6.02. The van der Waals surface area contributed by atoms with Gasteiger partial charge in [-0.15, -0.1) is 24.0 Å². The van der Waals surface area contributed by atoms with Crippen LogP contribution in [0.4, 0.5) is 0 Å². The lowest BCUT2D eigenvalue weighted by Gasteiger charge is -2.11. The molecule has 4 nitrogen and oxygen atoms in total. The zero-order valence-electron chi connectivity index (χ0n) is 12.7. The zero-order valence-corrected chi connectivity index (χ0v) is 15.8. The number of halogens is 2. The largest absolute Gasteiger partial charge is 0.494 e. The molecule has 0 radical (unpaired) electrons. The molecule has 0 aromatic heterocycles. The number of unbranched alkanes of at least 4 members (excludes halogenated alkanes) is 1. The van der Waals surface area contributed by atoms with E-state index in [1.807, 2.05) is 25.1 Å². The standard InChI is InChI=1S/C15H24ClN3O.HI/c1-3-5-9-18-15(17)19-10-8-12-11-13(16)6-7-14(12)20-4-2;/h6-7,11H,3-5,8-10H2,1-2H3,(H3,17,18,19);1H. The monoisotopic (exact) mass is 425 g/mol. The second kappa shape index (κ2) is 11.9. The number of nitrogens with one attached hydrogen (secondary N) is 1. The lowest BCUT2D eigenvalue weighted by Crippen LogP contribution is -2.33. The fraction of sp³-hybridized carbons (Fsp3) is 0.533. The maximum Gasteiger partial charge on any atom is 0.188 e. The van der Waals surface area contributed by atoms with Crippen LogP contribution < -0.4 is 15.8 Å². The van der Waals surface area contributed by atoms with E-state index in [4.69, 9.17) is 22.1 Å². The van der Waals surface area contributed by atoms with Gasteiger partial charge in [-0.2, -0.15) is 0 Å². The van der Waals surface area contributed by atoms with E-state index < -0.39 is 0 Å². The van der Waals surface area contributed by atoms with Crippen LogP contribution in [0.25, 0.3) is 0 Å². The summed E-state index contributed by atoms with van der Waals surface area (Å²) in [6, 6.07) is 5.67. The summed E-state index contributed by atoms with van der Waals surface area (Å²) < 4.78 is 5.58. The number of aliphatic imine (C=N–C) groups is 1. The van der Waals surface area contributed by atoms with Gasteiger partial charge < -0.3 is 15.8 Å². The van der Waals surface area contributed by atoms with Gasteiger partial charge in [-0.25, -0.2) is 0 Å². The van der Waals surface area contributed by atoms with Crippen LogP contribution in [-0.4, -0.2) is 25.7 Å². The van der Waals surface area contributed by atoms with Crippen molar-refractivity contribution in [2.24, 2.45) is 10.7 Å². The first-order valence-electron chi connectivity index (χ1n) is 7.12. The highest BCUT2D eigenvalue weighted by Gasteiger charge is 2.04. The first-order valence-corrected chi connectivity index (χ1v) is 7.50. The Balaban J connectivity index is 0.00000400. The van der Waals surface area contributed by atoms with Crippen LogP contribution in [0.1, 0.15) is 32.3 Å². The molecular weight excluding hydrogens is 401 g/mol. The minimum absolute atomic E-state index is 0. The van der Waals surface area contributed by atoms with Crippen molar-refractivity contribution in [1.82, 2.24) is 5.32 Å². The normalized spacial score (nSPS) is 10.9. The Hall–Kier alpha value is -0.690. The number of hydrogen-bond acceptors (Lipinski definition) is 2. The van der Waals surface area contributed by atoms with Gasteiger partial charge in [-0.05, 0) is 43.5 Å². The first-order chi connectivity index (χ1) is 9.67. The van der Waals surface area contributed by atoms with Crippen molar-refractivity contribution >= 4 is 41.5 Å². The van der Waals surface area contributed by atoms with E-state index in [1.54, 1.807) is 0 Å². The SMILES string of the molecule is CCCCN=C(N)NCCc1cc(Cl)ccc1OCC.I. The van der Waals surface area contributed by atoms with Gasteiger partial charge in [0.05, 0.1) is 6.61 Å². The van der Waals surface area contributed by atoms with E-state index in [0.717, 1.165) is 37.1 Å². The summed E-state index contributed by atoms with van der Waals surface area (Å²) >= 11 is 6.02. The molecule has 1 aromatic carbocycles. The quantitative estimate of drug-likeness (QED) is 0.289. The number of benzene rings is 1. The Labute approximate surface area is 149 Å². The van der Waals surface area contributed by atoms with Crippen LogP contribution in [0.2, 0.25) is 5.02 Å². The lowest BCUT2D eigenvalue weighted by molar-refractivity contribution is 0.336. The van der Waals surface area contributed by atoms with Gasteiger partial charge >= 0.3 is 0 Å². The van der Waals surface area contributed by atoms with E-state index >= 15 is 0 Å². The highest BCUT2D eigenvalue weighted by molar-refractivity contribution is 14.0. The van der Waals surface area contributed by atoms with Crippen LogP contribution in [0.5, 0.6) is 5.75 Å². The van der Waals surface area contributed by atoms with Gasteiger partial charge in [0, 0.05) is 18.1 Å². The summed E-state index contributed by atoms with van der Waals surface area (Å²) in [6.07, 6.45) is 2.97. The van der Waals surface area contributed by atoms with E-state index in [0.29, 0.717) is 24.1 Å². The predicted molar refractivity (Wildman–Crippen MR) is 101 cm³/mol. The molecule has 6 heteroatoms. The number of ether oxygens (including phenoxy) is 1.